The fourth-order valence-corrected chi connectivity index (χ4v) is 3.36. The van der Waals surface area contributed by atoms with Crippen LogP contribution in [-0.4, -0.2) is 13.7 Å². The summed E-state index contributed by atoms with van der Waals surface area (Å²) in [4.78, 5) is 0. The molecule has 3 rings (SSSR count). The number of nitrogens with one attached hydrogen (secondary N) is 1. The minimum absolute atomic E-state index is 0.742. The highest BCUT2D eigenvalue weighted by molar-refractivity contribution is 6.30. The van der Waals surface area contributed by atoms with Gasteiger partial charge in [0, 0.05) is 11.6 Å². The molecular weight excluding hydrogens is 246 g/mol. The maximum Gasteiger partial charge on any atom is 0.142 e. The van der Waals surface area contributed by atoms with Crippen LogP contribution in [-0.2, 0) is 0 Å². The smallest absolute Gasteiger partial charge is 0.142 e. The van der Waals surface area contributed by atoms with Gasteiger partial charge in [0.2, 0.25) is 0 Å². The zero-order valence-electron chi connectivity index (χ0n) is 10.5. The number of hydrogen-bond donors (Lipinski definition) is 1. The Morgan fingerprint density at radius 3 is 2.89 bits per heavy atom. The lowest BCUT2D eigenvalue weighted by Crippen LogP contribution is -2.18. The van der Waals surface area contributed by atoms with Gasteiger partial charge < -0.3 is 10.1 Å². The molecule has 1 aromatic carbocycles. The molecule has 3 unspecified atom stereocenters. The molecule has 1 aromatic rings. The molecule has 0 saturated heterocycles. The van der Waals surface area contributed by atoms with Gasteiger partial charge in [0.1, 0.15) is 5.75 Å². The minimum atomic E-state index is 0.742. The Morgan fingerprint density at radius 2 is 2.22 bits per heavy atom. The Hall–Kier alpha value is -1.15. The Balaban J connectivity index is 1.66. The van der Waals surface area contributed by atoms with Crippen LogP contribution in [0.15, 0.2) is 30.4 Å². The second-order valence-corrected chi connectivity index (χ2v) is 5.70. The van der Waals surface area contributed by atoms with E-state index < -0.39 is 0 Å². The molecule has 3 heteroatoms. The highest BCUT2D eigenvalue weighted by atomic mass is 35.5. The maximum atomic E-state index is 6.03. The molecule has 1 saturated carbocycles. The summed E-state index contributed by atoms with van der Waals surface area (Å²) in [5.74, 6) is 3.21. The third kappa shape index (κ3) is 2.22. The number of anilines is 1. The van der Waals surface area contributed by atoms with E-state index in [2.05, 4.69) is 17.5 Å². The van der Waals surface area contributed by atoms with Gasteiger partial charge in [0.15, 0.2) is 0 Å². The lowest BCUT2D eigenvalue weighted by Gasteiger charge is -2.20. The fraction of sp³-hybridized carbons (Fsp3) is 0.467. The van der Waals surface area contributed by atoms with Crippen molar-refractivity contribution in [1.82, 2.24) is 0 Å². The lowest BCUT2D eigenvalue weighted by molar-refractivity contribution is 0.415. The number of halogens is 1. The second kappa shape index (κ2) is 4.85. The summed E-state index contributed by atoms with van der Waals surface area (Å²) >= 11 is 6.03. The van der Waals surface area contributed by atoms with Gasteiger partial charge in [-0.15, -0.1) is 0 Å². The highest BCUT2D eigenvalue weighted by Crippen LogP contribution is 2.43. The van der Waals surface area contributed by atoms with Crippen LogP contribution in [0.25, 0.3) is 0 Å². The van der Waals surface area contributed by atoms with Crippen molar-refractivity contribution < 1.29 is 4.74 Å². The molecule has 1 N–H and O–H groups in total. The van der Waals surface area contributed by atoms with Gasteiger partial charge in [0.05, 0.1) is 12.8 Å². The van der Waals surface area contributed by atoms with Crippen molar-refractivity contribution >= 4 is 17.3 Å². The zero-order chi connectivity index (χ0) is 12.5. The van der Waals surface area contributed by atoms with Crippen molar-refractivity contribution in [2.24, 2.45) is 17.8 Å². The van der Waals surface area contributed by atoms with Crippen LogP contribution in [0.1, 0.15) is 12.8 Å². The SMILES string of the molecule is COc1ccc(Cl)cc1NCC1CC2C=CC1C2. The van der Waals surface area contributed by atoms with Crippen molar-refractivity contribution in [1.29, 1.82) is 0 Å². The molecule has 0 amide bonds. The number of allylic oxidation sites excluding steroid dienone is 2. The van der Waals surface area contributed by atoms with E-state index in [0.717, 1.165) is 40.8 Å². The first-order valence-corrected chi connectivity index (χ1v) is 6.90. The molecule has 0 aliphatic heterocycles. The number of methoxy groups -OCH3 is 1. The van der Waals surface area contributed by atoms with Gasteiger partial charge in [-0.2, -0.15) is 0 Å². The molecule has 0 spiro atoms. The lowest BCUT2D eigenvalue weighted by atomic mass is 9.93. The van der Waals surface area contributed by atoms with Gasteiger partial charge in [-0.3, -0.25) is 0 Å². The van der Waals surface area contributed by atoms with Crippen LogP contribution < -0.4 is 10.1 Å². The summed E-state index contributed by atoms with van der Waals surface area (Å²) in [6.45, 7) is 1.00. The molecule has 0 heterocycles. The van der Waals surface area contributed by atoms with Crippen LogP contribution in [0.4, 0.5) is 5.69 Å². The fourth-order valence-electron chi connectivity index (χ4n) is 3.19. The number of fused-ring (bicyclic) bond motifs is 2. The Morgan fingerprint density at radius 1 is 1.33 bits per heavy atom. The molecule has 2 bridgehead atoms. The van der Waals surface area contributed by atoms with Crippen molar-refractivity contribution in [3.8, 4) is 5.75 Å². The van der Waals surface area contributed by atoms with Crippen molar-refractivity contribution in [3.05, 3.63) is 35.4 Å². The standard InChI is InChI=1S/C15H18ClNO/c1-18-15-5-4-13(16)8-14(15)17-9-12-7-10-2-3-11(12)6-10/h2-5,8,10-12,17H,6-7,9H2,1H3. The highest BCUT2D eigenvalue weighted by Gasteiger charge is 2.35. The normalized spacial score (nSPS) is 28.7. The Kier molecular flexibility index (Phi) is 3.21. The third-order valence-corrected chi connectivity index (χ3v) is 4.37. The van der Waals surface area contributed by atoms with Crippen LogP contribution in [0.5, 0.6) is 5.75 Å². The molecule has 3 atom stereocenters. The molecule has 1 fully saturated rings. The van der Waals surface area contributed by atoms with Crippen molar-refractivity contribution in [2.45, 2.75) is 12.8 Å². The molecule has 2 aliphatic carbocycles. The van der Waals surface area contributed by atoms with Gasteiger partial charge in [-0.05, 0) is 48.8 Å². The average Bonchev–Trinajstić information content (AvgIpc) is 2.98. The average molecular weight is 264 g/mol. The molecule has 2 nitrogen and oxygen atoms in total. The monoisotopic (exact) mass is 263 g/mol. The van der Waals surface area contributed by atoms with E-state index in [1.54, 1.807) is 7.11 Å². The molecule has 18 heavy (non-hydrogen) atoms. The van der Waals surface area contributed by atoms with E-state index in [1.165, 1.54) is 12.8 Å². The van der Waals surface area contributed by atoms with E-state index >= 15 is 0 Å². The minimum Gasteiger partial charge on any atom is -0.495 e. The van der Waals surface area contributed by atoms with E-state index in [4.69, 9.17) is 16.3 Å². The summed E-state index contributed by atoms with van der Waals surface area (Å²) in [6.07, 6.45) is 7.42. The predicted octanol–water partition coefficient (Wildman–Crippen LogP) is 3.97. The largest absolute Gasteiger partial charge is 0.495 e. The Bertz CT molecular complexity index is 472. The van der Waals surface area contributed by atoms with E-state index in [1.807, 2.05) is 18.2 Å². The maximum absolute atomic E-state index is 6.03. The first-order chi connectivity index (χ1) is 8.76. The molecule has 2 aliphatic rings. The summed E-state index contributed by atoms with van der Waals surface area (Å²) < 4.78 is 5.34. The quantitative estimate of drug-likeness (QED) is 0.830. The van der Waals surface area contributed by atoms with E-state index in [9.17, 15) is 0 Å². The van der Waals surface area contributed by atoms with E-state index in [-0.39, 0.29) is 0 Å². The first kappa shape index (κ1) is 11.9. The Labute approximate surface area is 113 Å². The van der Waals surface area contributed by atoms with Crippen molar-refractivity contribution in [2.75, 3.05) is 19.0 Å². The first-order valence-electron chi connectivity index (χ1n) is 6.52. The van der Waals surface area contributed by atoms with Crippen LogP contribution in [0, 0.1) is 17.8 Å². The van der Waals surface area contributed by atoms with Crippen LogP contribution >= 0.6 is 11.6 Å². The number of rotatable bonds is 4. The molecule has 96 valence electrons. The summed E-state index contributed by atoms with van der Waals surface area (Å²) in [7, 11) is 1.69. The van der Waals surface area contributed by atoms with Crippen LogP contribution in [0.3, 0.4) is 0 Å². The van der Waals surface area contributed by atoms with Gasteiger partial charge in [-0.1, -0.05) is 23.8 Å². The summed E-state index contributed by atoms with van der Waals surface area (Å²) in [6, 6.07) is 5.70. The van der Waals surface area contributed by atoms with E-state index in [0.29, 0.717) is 0 Å². The zero-order valence-corrected chi connectivity index (χ0v) is 11.3. The van der Waals surface area contributed by atoms with Gasteiger partial charge in [0.25, 0.3) is 0 Å². The number of ether oxygens (including phenoxy) is 1. The summed E-state index contributed by atoms with van der Waals surface area (Å²) in [5.41, 5.74) is 0.997. The summed E-state index contributed by atoms with van der Waals surface area (Å²) in [5, 5.41) is 4.23. The van der Waals surface area contributed by atoms with Gasteiger partial charge in [-0.25, -0.2) is 0 Å². The van der Waals surface area contributed by atoms with Crippen molar-refractivity contribution in [3.63, 3.8) is 0 Å². The molecule has 0 aromatic heterocycles. The topological polar surface area (TPSA) is 21.3 Å². The molecular formula is C15H18ClNO. The third-order valence-electron chi connectivity index (χ3n) is 4.13. The van der Waals surface area contributed by atoms with Crippen LogP contribution in [0.2, 0.25) is 5.02 Å². The number of hydrogen-bond acceptors (Lipinski definition) is 2. The predicted molar refractivity (Wildman–Crippen MR) is 75.3 cm³/mol. The number of benzene rings is 1. The second-order valence-electron chi connectivity index (χ2n) is 5.27. The molecule has 0 radical (unpaired) electrons. The van der Waals surface area contributed by atoms with Gasteiger partial charge >= 0.3 is 0 Å².